The monoisotopic (exact) mass is 297 g/mol. The summed E-state index contributed by atoms with van der Waals surface area (Å²) in [6, 6.07) is 0. The van der Waals surface area contributed by atoms with Crippen LogP contribution < -0.4 is 4.72 Å². The standard InChI is InChI=1S/C12H24ClNO3S/c1-10(2)17-6-7-18(15,16)14-9-11-4-3-5-12(13)8-11/h10-12,14H,3-9H2,1-2H3. The summed E-state index contributed by atoms with van der Waals surface area (Å²) in [5.74, 6) is 0.407. The minimum Gasteiger partial charge on any atom is -0.378 e. The van der Waals surface area contributed by atoms with Crippen LogP contribution in [-0.2, 0) is 14.8 Å². The first kappa shape index (κ1) is 16.2. The van der Waals surface area contributed by atoms with Crippen molar-refractivity contribution < 1.29 is 13.2 Å². The molecule has 0 aromatic carbocycles. The molecule has 1 saturated carbocycles. The largest absolute Gasteiger partial charge is 0.378 e. The van der Waals surface area contributed by atoms with E-state index in [9.17, 15) is 8.42 Å². The molecule has 4 nitrogen and oxygen atoms in total. The summed E-state index contributed by atoms with van der Waals surface area (Å²) in [5, 5.41) is 0.206. The van der Waals surface area contributed by atoms with Crippen molar-refractivity contribution in [2.75, 3.05) is 18.9 Å². The number of nitrogens with one attached hydrogen (secondary N) is 1. The molecular formula is C12H24ClNO3S. The summed E-state index contributed by atoms with van der Waals surface area (Å²) >= 11 is 6.08. The van der Waals surface area contributed by atoms with Gasteiger partial charge in [0.15, 0.2) is 0 Å². The average molecular weight is 298 g/mol. The Balaban J connectivity index is 2.24. The second kappa shape index (κ2) is 7.68. The molecule has 0 saturated heterocycles. The number of alkyl halides is 1. The first-order chi connectivity index (χ1) is 8.39. The van der Waals surface area contributed by atoms with E-state index in [1.165, 1.54) is 0 Å². The topological polar surface area (TPSA) is 55.4 Å². The molecular weight excluding hydrogens is 274 g/mol. The zero-order chi connectivity index (χ0) is 13.6. The zero-order valence-electron chi connectivity index (χ0n) is 11.2. The van der Waals surface area contributed by atoms with E-state index in [0.717, 1.165) is 25.7 Å². The van der Waals surface area contributed by atoms with Crippen LogP contribution in [0.3, 0.4) is 0 Å². The van der Waals surface area contributed by atoms with Gasteiger partial charge in [-0.15, -0.1) is 11.6 Å². The third-order valence-electron chi connectivity index (χ3n) is 3.11. The molecule has 108 valence electrons. The van der Waals surface area contributed by atoms with E-state index < -0.39 is 10.0 Å². The van der Waals surface area contributed by atoms with Gasteiger partial charge in [-0.3, -0.25) is 0 Å². The molecule has 0 amide bonds. The maximum atomic E-state index is 11.7. The van der Waals surface area contributed by atoms with E-state index in [4.69, 9.17) is 16.3 Å². The SMILES string of the molecule is CC(C)OCCS(=O)(=O)NCC1CCCC(Cl)C1. The Bertz CT molecular complexity index is 332. The Kier molecular flexibility index (Phi) is 6.92. The molecule has 1 fully saturated rings. The van der Waals surface area contributed by atoms with Gasteiger partial charge >= 0.3 is 0 Å². The number of rotatable bonds is 7. The summed E-state index contributed by atoms with van der Waals surface area (Å²) in [6.07, 6.45) is 4.18. The van der Waals surface area contributed by atoms with Crippen molar-refractivity contribution in [3.63, 3.8) is 0 Å². The summed E-state index contributed by atoms with van der Waals surface area (Å²) in [4.78, 5) is 0. The summed E-state index contributed by atoms with van der Waals surface area (Å²) in [7, 11) is -3.21. The quantitative estimate of drug-likeness (QED) is 0.733. The van der Waals surface area contributed by atoms with Crippen LogP contribution in [-0.4, -0.2) is 38.8 Å². The van der Waals surface area contributed by atoms with Gasteiger partial charge < -0.3 is 4.74 Å². The van der Waals surface area contributed by atoms with Crippen molar-refractivity contribution >= 4 is 21.6 Å². The minimum absolute atomic E-state index is 0.0300. The van der Waals surface area contributed by atoms with Gasteiger partial charge in [0.25, 0.3) is 0 Å². The lowest BCUT2D eigenvalue weighted by molar-refractivity contribution is 0.0911. The third kappa shape index (κ3) is 6.92. The fourth-order valence-corrected chi connectivity index (χ4v) is 3.48. The molecule has 0 radical (unpaired) electrons. The first-order valence-corrected chi connectivity index (χ1v) is 8.71. The summed E-state index contributed by atoms with van der Waals surface area (Å²) in [5.41, 5.74) is 0. The predicted molar refractivity (Wildman–Crippen MR) is 74.5 cm³/mol. The zero-order valence-corrected chi connectivity index (χ0v) is 12.8. The van der Waals surface area contributed by atoms with Crippen LogP contribution in [0.2, 0.25) is 0 Å². The van der Waals surface area contributed by atoms with E-state index in [1.807, 2.05) is 13.8 Å². The lowest BCUT2D eigenvalue weighted by atomic mass is 9.89. The van der Waals surface area contributed by atoms with Crippen LogP contribution in [0.15, 0.2) is 0 Å². The molecule has 2 unspecified atom stereocenters. The number of hydrogen-bond donors (Lipinski definition) is 1. The molecule has 0 aromatic heterocycles. The molecule has 1 aliphatic rings. The number of ether oxygens (including phenoxy) is 1. The van der Waals surface area contributed by atoms with Gasteiger partial charge in [-0.05, 0) is 39.0 Å². The van der Waals surface area contributed by atoms with Gasteiger partial charge in [-0.25, -0.2) is 13.1 Å². The van der Waals surface area contributed by atoms with Crippen LogP contribution in [0.4, 0.5) is 0 Å². The lowest BCUT2D eigenvalue weighted by Crippen LogP contribution is -2.34. The Morgan fingerprint density at radius 1 is 1.39 bits per heavy atom. The van der Waals surface area contributed by atoms with Crippen molar-refractivity contribution in [3.05, 3.63) is 0 Å². The maximum absolute atomic E-state index is 11.7. The highest BCUT2D eigenvalue weighted by Crippen LogP contribution is 2.27. The van der Waals surface area contributed by atoms with Crippen molar-refractivity contribution in [2.45, 2.75) is 51.0 Å². The molecule has 0 aromatic rings. The van der Waals surface area contributed by atoms with Gasteiger partial charge in [0.2, 0.25) is 10.0 Å². The molecule has 2 atom stereocenters. The van der Waals surface area contributed by atoms with Gasteiger partial charge in [0, 0.05) is 11.9 Å². The molecule has 1 aliphatic carbocycles. The molecule has 0 spiro atoms. The van der Waals surface area contributed by atoms with E-state index in [1.54, 1.807) is 0 Å². The van der Waals surface area contributed by atoms with E-state index in [-0.39, 0.29) is 23.8 Å². The van der Waals surface area contributed by atoms with Crippen LogP contribution in [0, 0.1) is 5.92 Å². The smallest absolute Gasteiger partial charge is 0.213 e. The molecule has 18 heavy (non-hydrogen) atoms. The van der Waals surface area contributed by atoms with Crippen LogP contribution >= 0.6 is 11.6 Å². The number of sulfonamides is 1. The summed E-state index contributed by atoms with van der Waals surface area (Å²) in [6.45, 7) is 4.54. The normalized spacial score (nSPS) is 25.6. The van der Waals surface area contributed by atoms with Gasteiger partial charge in [0.1, 0.15) is 0 Å². The predicted octanol–water partition coefficient (Wildman–Crippen LogP) is 2.13. The Hall–Kier alpha value is 0.160. The average Bonchev–Trinajstić information content (AvgIpc) is 2.26. The summed E-state index contributed by atoms with van der Waals surface area (Å²) < 4.78 is 31.3. The lowest BCUT2D eigenvalue weighted by Gasteiger charge is -2.25. The van der Waals surface area contributed by atoms with E-state index >= 15 is 0 Å². The van der Waals surface area contributed by atoms with Crippen LogP contribution in [0.1, 0.15) is 39.5 Å². The Morgan fingerprint density at radius 3 is 2.72 bits per heavy atom. The second-order valence-corrected chi connectivity index (χ2v) is 7.76. The first-order valence-electron chi connectivity index (χ1n) is 6.62. The number of halogens is 1. The minimum atomic E-state index is -3.21. The molecule has 0 heterocycles. The highest BCUT2D eigenvalue weighted by Gasteiger charge is 2.21. The third-order valence-corrected chi connectivity index (χ3v) is 4.82. The van der Waals surface area contributed by atoms with Crippen molar-refractivity contribution in [1.29, 1.82) is 0 Å². The van der Waals surface area contributed by atoms with E-state index in [0.29, 0.717) is 12.5 Å². The van der Waals surface area contributed by atoms with Crippen molar-refractivity contribution in [2.24, 2.45) is 5.92 Å². The van der Waals surface area contributed by atoms with Crippen LogP contribution in [0.5, 0.6) is 0 Å². The molecule has 0 bridgehead atoms. The Labute approximate surface area is 115 Å². The van der Waals surface area contributed by atoms with Crippen molar-refractivity contribution in [1.82, 2.24) is 4.72 Å². The van der Waals surface area contributed by atoms with Gasteiger partial charge in [-0.1, -0.05) is 6.42 Å². The fraction of sp³-hybridized carbons (Fsp3) is 1.00. The van der Waals surface area contributed by atoms with Gasteiger partial charge in [0.05, 0.1) is 18.5 Å². The second-order valence-electron chi connectivity index (χ2n) is 5.22. The van der Waals surface area contributed by atoms with Gasteiger partial charge in [-0.2, -0.15) is 0 Å². The molecule has 0 aliphatic heterocycles. The molecule has 1 N–H and O–H groups in total. The Morgan fingerprint density at radius 2 is 2.11 bits per heavy atom. The molecule has 1 rings (SSSR count). The highest BCUT2D eigenvalue weighted by molar-refractivity contribution is 7.89. The van der Waals surface area contributed by atoms with Crippen LogP contribution in [0.25, 0.3) is 0 Å². The van der Waals surface area contributed by atoms with Crippen molar-refractivity contribution in [3.8, 4) is 0 Å². The fourth-order valence-electron chi connectivity index (χ4n) is 2.12. The number of hydrogen-bond acceptors (Lipinski definition) is 3. The van der Waals surface area contributed by atoms with E-state index in [2.05, 4.69) is 4.72 Å². The molecule has 6 heteroatoms. The highest BCUT2D eigenvalue weighted by atomic mass is 35.5. The maximum Gasteiger partial charge on any atom is 0.213 e.